The third-order valence-electron chi connectivity index (χ3n) is 9.70. The molecule has 8 aromatic rings. The SMILES string of the molecule is CC1(C)c2ccccc2-c2ccc(N3c4ccccc4-n4c5ccc6c7ccccc7sc6c5c5cccc3c54)cc21. The zero-order valence-corrected chi connectivity index (χ0v) is 24.2. The highest BCUT2D eigenvalue weighted by Crippen LogP contribution is 2.54. The van der Waals surface area contributed by atoms with Crippen LogP contribution < -0.4 is 4.90 Å². The Morgan fingerprint density at radius 1 is 0.571 bits per heavy atom. The summed E-state index contributed by atoms with van der Waals surface area (Å²) in [5.74, 6) is 0. The van der Waals surface area contributed by atoms with Crippen LogP contribution in [0.1, 0.15) is 25.0 Å². The molecule has 0 atom stereocenters. The van der Waals surface area contributed by atoms with Gasteiger partial charge in [-0.3, -0.25) is 0 Å². The van der Waals surface area contributed by atoms with Gasteiger partial charge in [-0.05, 0) is 64.7 Å². The summed E-state index contributed by atoms with van der Waals surface area (Å²) in [5.41, 5.74) is 12.9. The van der Waals surface area contributed by atoms with Crippen LogP contribution in [-0.4, -0.2) is 4.57 Å². The number of para-hydroxylation sites is 3. The van der Waals surface area contributed by atoms with E-state index in [1.807, 2.05) is 11.3 Å². The standard InChI is InChI=1S/C39H26N2S/c1-39(2)29-13-5-3-10-24(29)25-19-18-23(22-30(25)39)40-31-14-6-7-15-32(31)41-33-21-20-27-26-11-4-8-17-35(26)42-38(27)36(33)28-12-9-16-34(40)37(28)41/h3-22H,1-2H3. The van der Waals surface area contributed by atoms with Crippen molar-refractivity contribution in [3.63, 3.8) is 0 Å². The lowest BCUT2D eigenvalue weighted by Crippen LogP contribution is -2.19. The third kappa shape index (κ3) is 2.66. The highest BCUT2D eigenvalue weighted by atomic mass is 32.1. The summed E-state index contributed by atoms with van der Waals surface area (Å²) in [6, 6.07) is 45.2. The number of benzene rings is 6. The van der Waals surface area contributed by atoms with Gasteiger partial charge in [0.05, 0.1) is 28.1 Å². The number of thiophene rings is 1. The molecule has 0 unspecified atom stereocenters. The summed E-state index contributed by atoms with van der Waals surface area (Å²) in [4.78, 5) is 2.48. The number of rotatable bonds is 1. The lowest BCUT2D eigenvalue weighted by Gasteiger charge is -2.34. The van der Waals surface area contributed by atoms with E-state index < -0.39 is 0 Å². The van der Waals surface area contributed by atoms with Crippen LogP contribution in [0.4, 0.5) is 17.1 Å². The smallest absolute Gasteiger partial charge is 0.0783 e. The first kappa shape index (κ1) is 22.8. The molecule has 42 heavy (non-hydrogen) atoms. The minimum Gasteiger partial charge on any atom is -0.306 e. The maximum absolute atomic E-state index is 2.50. The van der Waals surface area contributed by atoms with Crippen LogP contribution in [0.15, 0.2) is 121 Å². The molecule has 0 fully saturated rings. The predicted molar refractivity (Wildman–Crippen MR) is 179 cm³/mol. The van der Waals surface area contributed by atoms with Crippen LogP contribution in [0.3, 0.4) is 0 Å². The minimum absolute atomic E-state index is 0.0507. The second-order valence-electron chi connectivity index (χ2n) is 12.2. The van der Waals surface area contributed by atoms with Crippen molar-refractivity contribution in [2.24, 2.45) is 0 Å². The lowest BCUT2D eigenvalue weighted by atomic mass is 9.82. The topological polar surface area (TPSA) is 8.17 Å². The zero-order chi connectivity index (χ0) is 27.7. The van der Waals surface area contributed by atoms with Crippen molar-refractivity contribution in [1.29, 1.82) is 0 Å². The van der Waals surface area contributed by atoms with Gasteiger partial charge in [-0.15, -0.1) is 11.3 Å². The molecule has 0 bridgehead atoms. The second-order valence-corrected chi connectivity index (χ2v) is 13.2. The Labute approximate surface area is 247 Å². The summed E-state index contributed by atoms with van der Waals surface area (Å²) < 4.78 is 5.22. The average Bonchev–Trinajstić information content (AvgIpc) is 3.65. The predicted octanol–water partition coefficient (Wildman–Crippen LogP) is 11.2. The van der Waals surface area contributed by atoms with Gasteiger partial charge in [0.1, 0.15) is 0 Å². The number of hydrogen-bond donors (Lipinski definition) is 0. The molecule has 1 aliphatic carbocycles. The van der Waals surface area contributed by atoms with E-state index in [-0.39, 0.29) is 5.41 Å². The molecular weight excluding hydrogens is 529 g/mol. The van der Waals surface area contributed by atoms with Crippen LogP contribution in [0.25, 0.3) is 58.8 Å². The van der Waals surface area contributed by atoms with Crippen molar-refractivity contribution < 1.29 is 0 Å². The van der Waals surface area contributed by atoms with Crippen LogP contribution in [0, 0.1) is 0 Å². The van der Waals surface area contributed by atoms with E-state index in [9.17, 15) is 0 Å². The Hall–Kier alpha value is -4.86. The van der Waals surface area contributed by atoms with E-state index in [1.165, 1.54) is 87.0 Å². The molecule has 0 amide bonds. The fourth-order valence-electron chi connectivity index (χ4n) is 7.83. The molecule has 2 aromatic heterocycles. The molecule has 2 nitrogen and oxygen atoms in total. The van der Waals surface area contributed by atoms with E-state index in [0.29, 0.717) is 0 Å². The van der Waals surface area contributed by atoms with Crippen molar-refractivity contribution in [1.82, 2.24) is 4.57 Å². The third-order valence-corrected chi connectivity index (χ3v) is 10.9. The molecule has 0 saturated carbocycles. The molecule has 0 radical (unpaired) electrons. The van der Waals surface area contributed by atoms with Gasteiger partial charge in [0.2, 0.25) is 0 Å². The van der Waals surface area contributed by atoms with Crippen molar-refractivity contribution in [3.8, 4) is 16.8 Å². The number of hydrogen-bond acceptors (Lipinski definition) is 2. The Morgan fingerprint density at radius 2 is 1.31 bits per heavy atom. The summed E-state index contributed by atoms with van der Waals surface area (Å²) in [6.07, 6.45) is 0. The van der Waals surface area contributed by atoms with Gasteiger partial charge in [0.25, 0.3) is 0 Å². The molecule has 1 aliphatic heterocycles. The summed E-state index contributed by atoms with van der Waals surface area (Å²) >= 11 is 1.91. The van der Waals surface area contributed by atoms with Gasteiger partial charge in [0.15, 0.2) is 0 Å². The maximum atomic E-state index is 2.50. The van der Waals surface area contributed by atoms with E-state index >= 15 is 0 Å². The van der Waals surface area contributed by atoms with Crippen LogP contribution in [0.2, 0.25) is 0 Å². The minimum atomic E-state index is -0.0507. The zero-order valence-electron chi connectivity index (χ0n) is 23.3. The van der Waals surface area contributed by atoms with E-state index in [2.05, 4.69) is 145 Å². The molecule has 0 spiro atoms. The van der Waals surface area contributed by atoms with Crippen LogP contribution in [-0.2, 0) is 5.41 Å². The van der Waals surface area contributed by atoms with E-state index in [0.717, 1.165) is 0 Å². The molecule has 0 N–H and O–H groups in total. The number of fused-ring (bicyclic) bond motifs is 12. The molecule has 0 saturated heterocycles. The van der Waals surface area contributed by atoms with Crippen LogP contribution >= 0.6 is 11.3 Å². The first-order chi connectivity index (χ1) is 20.6. The monoisotopic (exact) mass is 554 g/mol. The second kappa shape index (κ2) is 7.70. The molecular formula is C39H26N2S. The summed E-state index contributed by atoms with van der Waals surface area (Å²) in [5, 5.41) is 5.35. The summed E-state index contributed by atoms with van der Waals surface area (Å²) in [7, 11) is 0. The average molecular weight is 555 g/mol. The highest BCUT2D eigenvalue weighted by Gasteiger charge is 2.36. The normalized spacial score (nSPS) is 14.6. The van der Waals surface area contributed by atoms with Gasteiger partial charge < -0.3 is 9.47 Å². The van der Waals surface area contributed by atoms with Gasteiger partial charge >= 0.3 is 0 Å². The Morgan fingerprint density at radius 3 is 2.24 bits per heavy atom. The largest absolute Gasteiger partial charge is 0.306 e. The molecule has 2 aliphatic rings. The highest BCUT2D eigenvalue weighted by molar-refractivity contribution is 7.26. The van der Waals surface area contributed by atoms with Gasteiger partial charge in [-0.25, -0.2) is 0 Å². The Bertz CT molecular complexity index is 2460. The van der Waals surface area contributed by atoms with Gasteiger partial charge in [-0.1, -0.05) is 92.7 Å². The quantitative estimate of drug-likeness (QED) is 0.196. The van der Waals surface area contributed by atoms with Crippen molar-refractivity contribution >= 4 is 70.4 Å². The molecule has 10 rings (SSSR count). The number of anilines is 3. The van der Waals surface area contributed by atoms with Crippen molar-refractivity contribution in [2.75, 3.05) is 4.90 Å². The van der Waals surface area contributed by atoms with Crippen molar-refractivity contribution in [2.45, 2.75) is 19.3 Å². The first-order valence-electron chi connectivity index (χ1n) is 14.6. The number of nitrogens with zero attached hydrogens (tertiary/aromatic N) is 2. The molecule has 3 heterocycles. The maximum Gasteiger partial charge on any atom is 0.0783 e. The van der Waals surface area contributed by atoms with Gasteiger partial charge in [0, 0.05) is 42.0 Å². The first-order valence-corrected chi connectivity index (χ1v) is 15.4. The van der Waals surface area contributed by atoms with E-state index in [1.54, 1.807) is 0 Å². The number of aromatic nitrogens is 1. The van der Waals surface area contributed by atoms with Crippen molar-refractivity contribution in [3.05, 3.63) is 132 Å². The van der Waals surface area contributed by atoms with Gasteiger partial charge in [-0.2, -0.15) is 0 Å². The fourth-order valence-corrected chi connectivity index (χ4v) is 9.08. The van der Waals surface area contributed by atoms with E-state index in [4.69, 9.17) is 0 Å². The Balaban J connectivity index is 1.30. The lowest BCUT2D eigenvalue weighted by molar-refractivity contribution is 0.660. The molecule has 198 valence electrons. The molecule has 3 heteroatoms. The molecule has 6 aromatic carbocycles. The fraction of sp³-hybridized carbons (Fsp3) is 0.0769. The summed E-state index contributed by atoms with van der Waals surface area (Å²) in [6.45, 7) is 4.72. The Kier molecular flexibility index (Phi) is 4.18. The van der Waals surface area contributed by atoms with Crippen LogP contribution in [0.5, 0.6) is 0 Å².